The highest BCUT2D eigenvalue weighted by Crippen LogP contribution is 2.30. The molecular weight excluding hydrogens is 237 g/mol. The van der Waals surface area contributed by atoms with Crippen LogP contribution in [-0.4, -0.2) is 18.4 Å². The van der Waals surface area contributed by atoms with Crippen molar-refractivity contribution in [3.05, 3.63) is 35.9 Å². The van der Waals surface area contributed by atoms with E-state index >= 15 is 0 Å². The fraction of sp³-hybridized carbons (Fsp3) is 0.273. The Morgan fingerprint density at radius 3 is 2.62 bits per heavy atom. The van der Waals surface area contributed by atoms with Crippen LogP contribution < -0.4 is 4.74 Å². The average Bonchev–Trinajstić information content (AvgIpc) is 2.23. The number of benzene rings is 1. The van der Waals surface area contributed by atoms with Crippen LogP contribution in [0.1, 0.15) is 5.56 Å². The van der Waals surface area contributed by atoms with Crippen molar-refractivity contribution in [3.8, 4) is 5.75 Å². The summed E-state index contributed by atoms with van der Waals surface area (Å²) in [6, 6.07) is 7.16. The Bertz CT molecular complexity index is 360. The summed E-state index contributed by atoms with van der Waals surface area (Å²) in [5, 5.41) is 0. The van der Waals surface area contributed by atoms with Crippen molar-refractivity contribution in [2.45, 2.75) is 5.51 Å². The molecule has 0 aliphatic carbocycles. The smallest absolute Gasteiger partial charge is 0.442 e. The van der Waals surface area contributed by atoms with Crippen molar-refractivity contribution in [3.63, 3.8) is 0 Å². The third-order valence-corrected chi connectivity index (χ3v) is 2.47. The van der Waals surface area contributed by atoms with Gasteiger partial charge in [-0.2, -0.15) is 13.2 Å². The van der Waals surface area contributed by atoms with Gasteiger partial charge in [0.2, 0.25) is 0 Å². The first kappa shape index (κ1) is 13.0. The van der Waals surface area contributed by atoms with Crippen LogP contribution in [0.5, 0.6) is 5.75 Å². The van der Waals surface area contributed by atoms with Crippen LogP contribution in [0.4, 0.5) is 13.2 Å². The molecule has 1 aromatic carbocycles. The average molecular weight is 248 g/mol. The number of ether oxygens (including phenoxy) is 1. The van der Waals surface area contributed by atoms with Crippen LogP contribution in [0.3, 0.4) is 0 Å². The molecule has 0 spiro atoms. The van der Waals surface area contributed by atoms with Gasteiger partial charge in [0.1, 0.15) is 5.75 Å². The Kier molecular flexibility index (Phi) is 4.73. The fourth-order valence-electron chi connectivity index (χ4n) is 1.12. The summed E-state index contributed by atoms with van der Waals surface area (Å²) in [4.78, 5) is 0. The molecule has 0 atom stereocenters. The van der Waals surface area contributed by atoms with E-state index < -0.39 is 5.51 Å². The molecule has 0 aliphatic heterocycles. The molecule has 1 rings (SSSR count). The highest BCUT2D eigenvalue weighted by Gasteiger charge is 2.26. The van der Waals surface area contributed by atoms with Gasteiger partial charge in [0.15, 0.2) is 0 Å². The molecule has 0 unspecified atom stereocenters. The minimum Gasteiger partial charge on any atom is -0.496 e. The summed E-state index contributed by atoms with van der Waals surface area (Å²) in [7, 11) is 1.52. The molecule has 88 valence electrons. The number of thioether (sulfide) groups is 1. The molecule has 0 saturated carbocycles. The summed E-state index contributed by atoms with van der Waals surface area (Å²) >= 11 is -0.0613. The third-order valence-electron chi connectivity index (χ3n) is 1.78. The van der Waals surface area contributed by atoms with E-state index in [-0.39, 0.29) is 17.5 Å². The molecule has 1 aromatic rings. The second-order valence-electron chi connectivity index (χ2n) is 2.90. The largest absolute Gasteiger partial charge is 0.496 e. The molecular formula is C11H11F3OS. The van der Waals surface area contributed by atoms with Crippen LogP contribution in [0, 0.1) is 0 Å². The van der Waals surface area contributed by atoms with E-state index in [1.165, 1.54) is 13.2 Å². The number of hydrogen-bond donors (Lipinski definition) is 0. The summed E-state index contributed by atoms with van der Waals surface area (Å²) in [6.45, 7) is 0. The first-order valence-electron chi connectivity index (χ1n) is 4.53. The minimum atomic E-state index is -4.18. The summed E-state index contributed by atoms with van der Waals surface area (Å²) in [5.41, 5.74) is -3.40. The van der Waals surface area contributed by atoms with Gasteiger partial charge >= 0.3 is 5.51 Å². The monoisotopic (exact) mass is 248 g/mol. The zero-order chi connectivity index (χ0) is 12.0. The first-order chi connectivity index (χ1) is 7.53. The van der Waals surface area contributed by atoms with Crippen molar-refractivity contribution in [1.82, 2.24) is 0 Å². The topological polar surface area (TPSA) is 9.23 Å². The lowest BCUT2D eigenvalue weighted by molar-refractivity contribution is -0.0326. The van der Waals surface area contributed by atoms with E-state index in [2.05, 4.69) is 0 Å². The van der Waals surface area contributed by atoms with Gasteiger partial charge in [0.05, 0.1) is 7.11 Å². The third kappa shape index (κ3) is 4.61. The molecule has 16 heavy (non-hydrogen) atoms. The second-order valence-corrected chi connectivity index (χ2v) is 3.99. The Morgan fingerprint density at radius 1 is 1.31 bits per heavy atom. The number of methoxy groups -OCH3 is 1. The predicted octanol–water partition coefficient (Wildman–Crippen LogP) is 3.96. The Morgan fingerprint density at radius 2 is 2.00 bits per heavy atom. The van der Waals surface area contributed by atoms with Gasteiger partial charge in [-0.1, -0.05) is 30.4 Å². The molecule has 0 saturated heterocycles. The Balaban J connectivity index is 2.56. The maximum atomic E-state index is 11.8. The molecule has 0 aromatic heterocycles. The second kappa shape index (κ2) is 5.84. The number of hydrogen-bond acceptors (Lipinski definition) is 2. The lowest BCUT2D eigenvalue weighted by Crippen LogP contribution is -1.99. The van der Waals surface area contributed by atoms with Crippen molar-refractivity contribution in [1.29, 1.82) is 0 Å². The lowest BCUT2D eigenvalue weighted by Gasteiger charge is -2.04. The molecule has 1 nitrogen and oxygen atoms in total. The normalized spacial score (nSPS) is 12.0. The predicted molar refractivity (Wildman–Crippen MR) is 60.5 cm³/mol. The van der Waals surface area contributed by atoms with Crippen molar-refractivity contribution in [2.75, 3.05) is 12.9 Å². The zero-order valence-electron chi connectivity index (χ0n) is 8.62. The van der Waals surface area contributed by atoms with Gasteiger partial charge in [-0.25, -0.2) is 0 Å². The maximum absolute atomic E-state index is 11.8. The molecule has 0 fully saturated rings. The van der Waals surface area contributed by atoms with E-state index in [1.54, 1.807) is 30.3 Å². The van der Waals surface area contributed by atoms with E-state index in [1.807, 2.05) is 0 Å². The van der Waals surface area contributed by atoms with Gasteiger partial charge in [-0.3, -0.25) is 0 Å². The maximum Gasteiger partial charge on any atom is 0.442 e. The summed E-state index contributed by atoms with van der Waals surface area (Å²) in [5.74, 6) is 0.553. The Hall–Kier alpha value is -1.10. The van der Waals surface area contributed by atoms with Crippen LogP contribution >= 0.6 is 11.8 Å². The lowest BCUT2D eigenvalue weighted by atomic mass is 10.2. The zero-order valence-corrected chi connectivity index (χ0v) is 9.44. The van der Waals surface area contributed by atoms with E-state index in [4.69, 9.17) is 4.74 Å². The first-order valence-corrected chi connectivity index (χ1v) is 5.52. The van der Waals surface area contributed by atoms with E-state index in [0.29, 0.717) is 5.75 Å². The fourth-order valence-corrected chi connectivity index (χ4v) is 1.50. The molecule has 0 bridgehead atoms. The standard InChI is InChI=1S/C11H11F3OS/c1-15-10-7-3-2-5-9(10)6-4-8-16-11(12,13)14/h2-7H,8H2,1H3/b6-4+. The number of halogens is 3. The molecule has 0 aliphatic rings. The number of rotatable bonds is 4. The summed E-state index contributed by atoms with van der Waals surface area (Å²) in [6.07, 6.45) is 3.09. The van der Waals surface area contributed by atoms with Crippen LogP contribution in [-0.2, 0) is 0 Å². The highest BCUT2D eigenvalue weighted by atomic mass is 32.2. The van der Waals surface area contributed by atoms with Crippen LogP contribution in [0.15, 0.2) is 30.3 Å². The van der Waals surface area contributed by atoms with E-state index in [0.717, 1.165) is 5.56 Å². The molecule has 0 heterocycles. The summed E-state index contributed by atoms with van der Waals surface area (Å²) < 4.78 is 40.6. The Labute approximate surface area is 96.3 Å². The van der Waals surface area contributed by atoms with Gasteiger partial charge in [-0.05, 0) is 17.8 Å². The molecule has 0 amide bonds. The van der Waals surface area contributed by atoms with Gasteiger partial charge in [0.25, 0.3) is 0 Å². The molecule has 5 heteroatoms. The van der Waals surface area contributed by atoms with Crippen molar-refractivity contribution in [2.24, 2.45) is 0 Å². The van der Waals surface area contributed by atoms with Gasteiger partial charge in [0, 0.05) is 11.3 Å². The van der Waals surface area contributed by atoms with E-state index in [9.17, 15) is 13.2 Å². The minimum absolute atomic E-state index is 0.0613. The number of alkyl halides is 3. The van der Waals surface area contributed by atoms with Crippen LogP contribution in [0.2, 0.25) is 0 Å². The molecule has 0 radical (unpaired) electrons. The highest BCUT2D eigenvalue weighted by molar-refractivity contribution is 8.00. The van der Waals surface area contributed by atoms with Crippen molar-refractivity contribution < 1.29 is 17.9 Å². The molecule has 0 N–H and O–H groups in total. The van der Waals surface area contributed by atoms with Gasteiger partial charge in [-0.15, -0.1) is 0 Å². The van der Waals surface area contributed by atoms with Crippen molar-refractivity contribution >= 4 is 17.8 Å². The quantitative estimate of drug-likeness (QED) is 0.797. The number of para-hydroxylation sites is 1. The van der Waals surface area contributed by atoms with Crippen LogP contribution in [0.25, 0.3) is 6.08 Å². The SMILES string of the molecule is COc1ccccc1/C=C/CSC(F)(F)F. The van der Waals surface area contributed by atoms with Gasteiger partial charge < -0.3 is 4.74 Å².